The van der Waals surface area contributed by atoms with Crippen molar-refractivity contribution in [2.75, 3.05) is 13.2 Å². The van der Waals surface area contributed by atoms with Crippen molar-refractivity contribution in [3.63, 3.8) is 0 Å². The molecule has 0 bridgehead atoms. The fourth-order valence-electron chi connectivity index (χ4n) is 2.38. The van der Waals surface area contributed by atoms with Gasteiger partial charge in [-0.2, -0.15) is 0 Å². The standard InChI is InChI=1S/C27H27NO3/c1-3-5-21-30-26-18-14-24(15-19-26)11-7-6-10-23-12-16-25(17-13-23)28-20-8-9-22-31-27(29)4-2/h4,12-20H,2-3,5,8-9,21-22H2,1H3. The average Bonchev–Trinajstić information content (AvgIpc) is 2.80. The van der Waals surface area contributed by atoms with Crippen LogP contribution < -0.4 is 4.74 Å². The lowest BCUT2D eigenvalue weighted by Gasteiger charge is -2.04. The first-order valence-electron chi connectivity index (χ1n) is 10.4. The molecule has 0 radical (unpaired) electrons. The fraction of sp³-hybridized carbons (Fsp3) is 0.259. The zero-order valence-corrected chi connectivity index (χ0v) is 17.9. The minimum atomic E-state index is -0.399. The van der Waals surface area contributed by atoms with Gasteiger partial charge in [-0.3, -0.25) is 4.99 Å². The summed E-state index contributed by atoms with van der Waals surface area (Å²) in [5.41, 5.74) is 2.63. The topological polar surface area (TPSA) is 47.9 Å². The molecule has 0 N–H and O–H groups in total. The minimum absolute atomic E-state index is 0.364. The summed E-state index contributed by atoms with van der Waals surface area (Å²) in [6, 6.07) is 15.4. The van der Waals surface area contributed by atoms with E-state index in [2.05, 4.69) is 42.2 Å². The van der Waals surface area contributed by atoms with Gasteiger partial charge >= 0.3 is 5.97 Å². The molecular weight excluding hydrogens is 386 g/mol. The maximum absolute atomic E-state index is 10.9. The maximum atomic E-state index is 10.9. The van der Waals surface area contributed by atoms with E-state index in [-0.39, 0.29) is 0 Å². The Hall–Kier alpha value is -3.76. The van der Waals surface area contributed by atoms with E-state index in [0.717, 1.165) is 60.9 Å². The van der Waals surface area contributed by atoms with Gasteiger partial charge in [0.1, 0.15) is 5.75 Å². The molecule has 0 saturated heterocycles. The molecule has 0 amide bonds. The highest BCUT2D eigenvalue weighted by atomic mass is 16.5. The normalized spacial score (nSPS) is 9.84. The highest BCUT2D eigenvalue weighted by Crippen LogP contribution is 2.13. The van der Waals surface area contributed by atoms with Crippen molar-refractivity contribution in [3.05, 3.63) is 72.3 Å². The van der Waals surface area contributed by atoms with Crippen LogP contribution in [0.4, 0.5) is 5.69 Å². The molecule has 31 heavy (non-hydrogen) atoms. The van der Waals surface area contributed by atoms with E-state index in [1.165, 1.54) is 0 Å². The van der Waals surface area contributed by atoms with Crippen LogP contribution in [0.15, 0.2) is 66.2 Å². The molecule has 0 spiro atoms. The Morgan fingerprint density at radius 3 is 2.23 bits per heavy atom. The van der Waals surface area contributed by atoms with Crippen LogP contribution in [0, 0.1) is 23.7 Å². The molecule has 158 valence electrons. The first-order chi connectivity index (χ1) is 15.2. The molecule has 2 rings (SSSR count). The van der Waals surface area contributed by atoms with Crippen LogP contribution in [0.3, 0.4) is 0 Å². The van der Waals surface area contributed by atoms with Gasteiger partial charge in [-0.15, -0.1) is 0 Å². The zero-order valence-electron chi connectivity index (χ0n) is 17.9. The third-order valence-electron chi connectivity index (χ3n) is 4.09. The Labute approximate surface area is 185 Å². The van der Waals surface area contributed by atoms with Crippen LogP contribution in [0.25, 0.3) is 0 Å². The number of ether oxygens (including phenoxy) is 2. The quantitative estimate of drug-likeness (QED) is 0.170. The van der Waals surface area contributed by atoms with E-state index in [1.54, 1.807) is 0 Å². The van der Waals surface area contributed by atoms with E-state index in [0.29, 0.717) is 6.61 Å². The minimum Gasteiger partial charge on any atom is -0.494 e. The number of rotatable bonds is 10. The number of aliphatic imine (C=N–C) groups is 1. The van der Waals surface area contributed by atoms with Crippen molar-refractivity contribution in [1.82, 2.24) is 0 Å². The molecule has 4 heteroatoms. The van der Waals surface area contributed by atoms with Crippen molar-refractivity contribution in [1.29, 1.82) is 0 Å². The van der Waals surface area contributed by atoms with Gasteiger partial charge in [-0.25, -0.2) is 4.79 Å². The predicted molar refractivity (Wildman–Crippen MR) is 126 cm³/mol. The summed E-state index contributed by atoms with van der Waals surface area (Å²) in [5.74, 6) is 12.3. The molecule has 0 saturated carbocycles. The summed E-state index contributed by atoms with van der Waals surface area (Å²) in [5, 5.41) is 0. The largest absolute Gasteiger partial charge is 0.494 e. The van der Waals surface area contributed by atoms with Crippen molar-refractivity contribution in [2.45, 2.75) is 32.6 Å². The summed E-state index contributed by atoms with van der Waals surface area (Å²) in [7, 11) is 0. The lowest BCUT2D eigenvalue weighted by Crippen LogP contribution is -2.01. The summed E-state index contributed by atoms with van der Waals surface area (Å²) < 4.78 is 10.5. The van der Waals surface area contributed by atoms with Gasteiger partial charge < -0.3 is 9.47 Å². The van der Waals surface area contributed by atoms with Gasteiger partial charge in [-0.1, -0.05) is 31.8 Å². The molecule has 4 nitrogen and oxygen atoms in total. The lowest BCUT2D eigenvalue weighted by atomic mass is 10.2. The summed E-state index contributed by atoms with van der Waals surface area (Å²) >= 11 is 0. The van der Waals surface area contributed by atoms with Crippen LogP contribution in [0.1, 0.15) is 43.7 Å². The Morgan fingerprint density at radius 1 is 0.968 bits per heavy atom. The van der Waals surface area contributed by atoms with Gasteiger partial charge in [-0.05, 0) is 79.6 Å². The van der Waals surface area contributed by atoms with Gasteiger partial charge in [0.2, 0.25) is 0 Å². The number of carbonyl (C=O) groups is 1. The molecule has 0 atom stereocenters. The fourth-order valence-corrected chi connectivity index (χ4v) is 2.38. The lowest BCUT2D eigenvalue weighted by molar-refractivity contribution is -0.137. The second-order valence-electron chi connectivity index (χ2n) is 6.60. The van der Waals surface area contributed by atoms with Gasteiger partial charge in [0.25, 0.3) is 0 Å². The highest BCUT2D eigenvalue weighted by molar-refractivity contribution is 5.81. The van der Waals surface area contributed by atoms with Crippen LogP contribution in [-0.4, -0.2) is 25.4 Å². The first kappa shape index (κ1) is 23.5. The van der Waals surface area contributed by atoms with Crippen molar-refractivity contribution >= 4 is 17.9 Å². The first-order valence-corrected chi connectivity index (χ1v) is 10.4. The predicted octanol–water partition coefficient (Wildman–Crippen LogP) is 5.48. The third-order valence-corrected chi connectivity index (χ3v) is 4.09. The molecule has 0 aromatic heterocycles. The second-order valence-corrected chi connectivity index (χ2v) is 6.60. The highest BCUT2D eigenvalue weighted by Gasteiger charge is 1.94. The van der Waals surface area contributed by atoms with Crippen LogP contribution in [0.5, 0.6) is 5.75 Å². The van der Waals surface area contributed by atoms with Gasteiger partial charge in [0, 0.05) is 23.4 Å². The van der Waals surface area contributed by atoms with E-state index >= 15 is 0 Å². The second kappa shape index (κ2) is 14.3. The van der Waals surface area contributed by atoms with Crippen LogP contribution >= 0.6 is 0 Å². The van der Waals surface area contributed by atoms with E-state index in [1.807, 2.05) is 54.7 Å². The number of hydrogen-bond donors (Lipinski definition) is 0. The number of nitrogens with zero attached hydrogens (tertiary/aromatic N) is 1. The average molecular weight is 414 g/mol. The van der Waals surface area contributed by atoms with E-state index in [4.69, 9.17) is 9.47 Å². The molecule has 2 aromatic carbocycles. The van der Waals surface area contributed by atoms with Gasteiger partial charge in [0.05, 0.1) is 18.9 Å². The molecular formula is C27H27NO3. The maximum Gasteiger partial charge on any atom is 0.330 e. The molecule has 0 unspecified atom stereocenters. The number of benzene rings is 2. The van der Waals surface area contributed by atoms with Crippen LogP contribution in [-0.2, 0) is 9.53 Å². The van der Waals surface area contributed by atoms with Gasteiger partial charge in [0.15, 0.2) is 0 Å². The number of esters is 1. The summed E-state index contributed by atoms with van der Waals surface area (Å²) in [4.78, 5) is 15.3. The molecule has 0 heterocycles. The Balaban J connectivity index is 1.78. The molecule has 0 aliphatic rings. The van der Waals surface area contributed by atoms with Crippen molar-refractivity contribution in [3.8, 4) is 29.4 Å². The van der Waals surface area contributed by atoms with E-state index in [9.17, 15) is 4.79 Å². The molecule has 0 aliphatic heterocycles. The monoisotopic (exact) mass is 413 g/mol. The van der Waals surface area contributed by atoms with Crippen molar-refractivity contribution in [2.24, 2.45) is 4.99 Å². The third kappa shape index (κ3) is 10.0. The smallest absolute Gasteiger partial charge is 0.330 e. The van der Waals surface area contributed by atoms with Crippen molar-refractivity contribution < 1.29 is 14.3 Å². The van der Waals surface area contributed by atoms with Crippen LogP contribution in [0.2, 0.25) is 0 Å². The molecule has 0 fully saturated rings. The SMILES string of the molecule is C=CC(=O)OCCCC=Nc1ccc(C#CC#Cc2ccc(OCCCC)cc2)cc1. The number of carbonyl (C=O) groups excluding carboxylic acids is 1. The number of hydrogen-bond acceptors (Lipinski definition) is 4. The molecule has 2 aromatic rings. The van der Waals surface area contributed by atoms with E-state index < -0.39 is 5.97 Å². The zero-order chi connectivity index (χ0) is 22.2. The Morgan fingerprint density at radius 2 is 1.61 bits per heavy atom. The number of unbranched alkanes of at least 4 members (excludes halogenated alkanes) is 2. The molecule has 0 aliphatic carbocycles. The summed E-state index contributed by atoms with van der Waals surface area (Å²) in [6.07, 6.45) is 6.60. The summed E-state index contributed by atoms with van der Waals surface area (Å²) in [6.45, 7) is 6.60. The Bertz CT molecular complexity index is 981. The Kier molecular flexibility index (Phi) is 10.8.